The van der Waals surface area contributed by atoms with Crippen molar-refractivity contribution in [3.05, 3.63) is 30.7 Å². The van der Waals surface area contributed by atoms with Crippen molar-refractivity contribution in [1.29, 1.82) is 0 Å². The number of hydrogen-bond donors (Lipinski definition) is 0. The molecule has 80 valence electrons. The Morgan fingerprint density at radius 1 is 1.00 bits per heavy atom. The Morgan fingerprint density at radius 3 is 2.40 bits per heavy atom. The highest BCUT2D eigenvalue weighted by Gasteiger charge is 1.95. The van der Waals surface area contributed by atoms with E-state index < -0.39 is 0 Å². The highest BCUT2D eigenvalue weighted by molar-refractivity contribution is 5.71. The van der Waals surface area contributed by atoms with Crippen molar-refractivity contribution >= 4 is 11.1 Å². The summed E-state index contributed by atoms with van der Waals surface area (Å²) in [7, 11) is 0. The van der Waals surface area contributed by atoms with Crippen molar-refractivity contribution in [3.63, 3.8) is 0 Å². The van der Waals surface area contributed by atoms with Gasteiger partial charge >= 0.3 is 0 Å². The quantitative estimate of drug-likeness (QED) is 0.663. The summed E-state index contributed by atoms with van der Waals surface area (Å²) in [6.45, 7) is 2.00. The van der Waals surface area contributed by atoms with E-state index in [-0.39, 0.29) is 0 Å². The lowest BCUT2D eigenvalue weighted by Gasteiger charge is -2.08. The van der Waals surface area contributed by atoms with E-state index in [0.717, 1.165) is 24.3 Å². The van der Waals surface area contributed by atoms with Crippen LogP contribution in [0.1, 0.15) is 19.3 Å². The Kier molecular flexibility index (Phi) is 3.74. The van der Waals surface area contributed by atoms with Crippen LogP contribution in [0.25, 0.3) is 11.1 Å². The first-order valence-electron chi connectivity index (χ1n) is 5.33. The van der Waals surface area contributed by atoms with Gasteiger partial charge in [0.2, 0.25) is 0 Å². The molecule has 0 N–H and O–H groups in total. The van der Waals surface area contributed by atoms with Crippen LogP contribution >= 0.6 is 0 Å². The largest absolute Gasteiger partial charge is 0.443 e. The molecule has 0 radical (unpaired) electrons. The number of ether oxygens (including phenoxy) is 1. The third-order valence-corrected chi connectivity index (χ3v) is 2.31. The summed E-state index contributed by atoms with van der Waals surface area (Å²) in [4.78, 5) is 3.95. The molecule has 0 atom stereocenters. The van der Waals surface area contributed by atoms with Gasteiger partial charge in [0.1, 0.15) is 5.52 Å². The maximum Gasteiger partial charge on any atom is 0.181 e. The standard InChI is InChI=1S/C7H5NO.C5H10O/c1-2-4-7-6(3-1)8-5-9-7;1-2-4-6-5-3-1/h1-5H;1-5H2. The van der Waals surface area contributed by atoms with E-state index in [2.05, 4.69) is 4.98 Å². The zero-order chi connectivity index (χ0) is 10.3. The van der Waals surface area contributed by atoms with E-state index >= 15 is 0 Å². The lowest BCUT2D eigenvalue weighted by atomic mass is 10.2. The number of para-hydroxylation sites is 2. The lowest BCUT2D eigenvalue weighted by molar-refractivity contribution is 0.0968. The maximum atomic E-state index is 5.07. The molecule has 15 heavy (non-hydrogen) atoms. The van der Waals surface area contributed by atoms with Crippen LogP contribution in [-0.4, -0.2) is 18.2 Å². The van der Waals surface area contributed by atoms with Gasteiger partial charge in [-0.15, -0.1) is 0 Å². The van der Waals surface area contributed by atoms with Crippen LogP contribution in [0.5, 0.6) is 0 Å². The second kappa shape index (κ2) is 5.51. The second-order valence-corrected chi connectivity index (χ2v) is 3.49. The minimum atomic E-state index is 0.845. The summed E-state index contributed by atoms with van der Waals surface area (Å²) in [5.74, 6) is 0. The molecule has 1 fully saturated rings. The number of nitrogens with zero attached hydrogens (tertiary/aromatic N) is 1. The molecule has 1 aliphatic rings. The van der Waals surface area contributed by atoms with Crippen LogP contribution in [0.2, 0.25) is 0 Å². The van der Waals surface area contributed by atoms with Crippen molar-refractivity contribution in [2.75, 3.05) is 13.2 Å². The second-order valence-electron chi connectivity index (χ2n) is 3.49. The van der Waals surface area contributed by atoms with Gasteiger partial charge in [-0.1, -0.05) is 12.1 Å². The minimum absolute atomic E-state index is 0.845. The summed E-state index contributed by atoms with van der Waals surface area (Å²) in [5, 5.41) is 0. The van der Waals surface area contributed by atoms with Crippen LogP contribution in [-0.2, 0) is 4.74 Å². The van der Waals surface area contributed by atoms with E-state index in [4.69, 9.17) is 9.15 Å². The fraction of sp³-hybridized carbons (Fsp3) is 0.417. The molecule has 1 aliphatic heterocycles. The number of aromatic nitrogens is 1. The van der Waals surface area contributed by atoms with Gasteiger partial charge in [0, 0.05) is 13.2 Å². The van der Waals surface area contributed by atoms with E-state index in [1.807, 2.05) is 24.3 Å². The van der Waals surface area contributed by atoms with Gasteiger partial charge < -0.3 is 9.15 Å². The molecule has 1 saturated heterocycles. The fourth-order valence-electron chi connectivity index (χ4n) is 1.49. The maximum absolute atomic E-state index is 5.07. The van der Waals surface area contributed by atoms with Crippen LogP contribution in [0.4, 0.5) is 0 Å². The Labute approximate surface area is 89.1 Å². The molecular formula is C12H15NO2. The van der Waals surface area contributed by atoms with Gasteiger partial charge in [-0.25, -0.2) is 4.98 Å². The van der Waals surface area contributed by atoms with Crippen molar-refractivity contribution in [2.45, 2.75) is 19.3 Å². The summed E-state index contributed by atoms with van der Waals surface area (Å²) >= 11 is 0. The van der Waals surface area contributed by atoms with E-state index in [1.165, 1.54) is 25.7 Å². The number of oxazole rings is 1. The van der Waals surface area contributed by atoms with Crippen molar-refractivity contribution in [3.8, 4) is 0 Å². The van der Waals surface area contributed by atoms with Crippen LogP contribution in [0.3, 0.4) is 0 Å². The molecular weight excluding hydrogens is 190 g/mol. The topological polar surface area (TPSA) is 35.3 Å². The number of benzene rings is 1. The van der Waals surface area contributed by atoms with E-state index in [1.54, 1.807) is 0 Å². The average Bonchev–Trinajstić information content (AvgIpc) is 2.80. The van der Waals surface area contributed by atoms with Gasteiger partial charge in [0.15, 0.2) is 12.0 Å². The first-order valence-corrected chi connectivity index (χ1v) is 5.33. The summed E-state index contributed by atoms with van der Waals surface area (Å²) in [5.41, 5.74) is 1.76. The Bertz CT molecular complexity index is 351. The molecule has 0 amide bonds. The Morgan fingerprint density at radius 2 is 1.80 bits per heavy atom. The third kappa shape index (κ3) is 3.06. The molecule has 0 unspecified atom stereocenters. The molecule has 0 saturated carbocycles. The van der Waals surface area contributed by atoms with E-state index in [0.29, 0.717) is 0 Å². The molecule has 3 heteroatoms. The third-order valence-electron chi connectivity index (χ3n) is 2.31. The van der Waals surface area contributed by atoms with Gasteiger partial charge in [0.05, 0.1) is 0 Å². The Hall–Kier alpha value is -1.35. The molecule has 0 spiro atoms. The van der Waals surface area contributed by atoms with Gasteiger partial charge in [-0.2, -0.15) is 0 Å². The van der Waals surface area contributed by atoms with E-state index in [9.17, 15) is 0 Å². The monoisotopic (exact) mass is 205 g/mol. The SMILES string of the molecule is C1CCOCC1.c1ccc2ocnc2c1. The van der Waals surface area contributed by atoms with Crippen LogP contribution < -0.4 is 0 Å². The van der Waals surface area contributed by atoms with Crippen molar-refractivity contribution < 1.29 is 9.15 Å². The molecule has 0 bridgehead atoms. The molecule has 1 aromatic heterocycles. The predicted octanol–water partition coefficient (Wildman–Crippen LogP) is 3.01. The summed E-state index contributed by atoms with van der Waals surface area (Å²) in [6, 6.07) is 7.67. The smallest absolute Gasteiger partial charge is 0.181 e. The molecule has 2 aromatic rings. The zero-order valence-corrected chi connectivity index (χ0v) is 8.69. The average molecular weight is 205 g/mol. The predicted molar refractivity (Wildman–Crippen MR) is 58.7 cm³/mol. The summed E-state index contributed by atoms with van der Waals surface area (Å²) < 4.78 is 10.1. The fourth-order valence-corrected chi connectivity index (χ4v) is 1.49. The number of hydrogen-bond acceptors (Lipinski definition) is 3. The van der Waals surface area contributed by atoms with Crippen LogP contribution in [0.15, 0.2) is 35.1 Å². The van der Waals surface area contributed by atoms with Crippen LogP contribution in [0, 0.1) is 0 Å². The molecule has 2 heterocycles. The number of fused-ring (bicyclic) bond motifs is 1. The van der Waals surface area contributed by atoms with Gasteiger partial charge in [-0.05, 0) is 31.4 Å². The minimum Gasteiger partial charge on any atom is -0.443 e. The highest BCUT2D eigenvalue weighted by Crippen LogP contribution is 2.09. The highest BCUT2D eigenvalue weighted by atomic mass is 16.5. The Balaban J connectivity index is 0.000000124. The normalized spacial score (nSPS) is 15.7. The lowest BCUT2D eigenvalue weighted by Crippen LogP contribution is -2.03. The molecule has 3 nitrogen and oxygen atoms in total. The summed E-state index contributed by atoms with van der Waals surface area (Å²) in [6.07, 6.45) is 5.38. The van der Waals surface area contributed by atoms with Crippen molar-refractivity contribution in [2.24, 2.45) is 0 Å². The zero-order valence-electron chi connectivity index (χ0n) is 8.69. The first-order chi connectivity index (χ1) is 7.47. The molecule has 0 aliphatic carbocycles. The van der Waals surface area contributed by atoms with Crippen molar-refractivity contribution in [1.82, 2.24) is 4.98 Å². The molecule has 3 rings (SSSR count). The number of rotatable bonds is 0. The molecule has 1 aromatic carbocycles. The van der Waals surface area contributed by atoms with Gasteiger partial charge in [0.25, 0.3) is 0 Å². The van der Waals surface area contributed by atoms with Gasteiger partial charge in [-0.3, -0.25) is 0 Å². The first kappa shape index (κ1) is 10.2.